The van der Waals surface area contributed by atoms with Gasteiger partial charge in [0.15, 0.2) is 0 Å². The topological polar surface area (TPSA) is 75.4 Å². The maximum absolute atomic E-state index is 14.0. The molecule has 1 aromatic rings. The van der Waals surface area contributed by atoms with Crippen molar-refractivity contribution in [2.45, 2.75) is 30.7 Å². The number of rotatable bonds is 4. The number of nitrogens with one attached hydrogen (secondary N) is 1. The van der Waals surface area contributed by atoms with Crippen LogP contribution in [-0.2, 0) is 10.0 Å². The fraction of sp³-hybridized carbons (Fsp3) is 0.538. The molecule has 1 heterocycles. The van der Waals surface area contributed by atoms with Crippen molar-refractivity contribution in [2.75, 3.05) is 24.5 Å². The number of halogens is 1. The molecule has 20 heavy (non-hydrogen) atoms. The third-order valence-electron chi connectivity index (χ3n) is 3.58. The molecule has 112 valence electrons. The van der Waals surface area contributed by atoms with Gasteiger partial charge in [0.1, 0.15) is 5.82 Å². The Morgan fingerprint density at radius 3 is 2.55 bits per heavy atom. The first kappa shape index (κ1) is 15.2. The van der Waals surface area contributed by atoms with Gasteiger partial charge in [-0.2, -0.15) is 0 Å². The van der Waals surface area contributed by atoms with Crippen LogP contribution in [0.1, 0.15) is 19.8 Å². The molecular formula is C13H20FN3O2S. The van der Waals surface area contributed by atoms with Gasteiger partial charge < -0.3 is 10.2 Å². The van der Waals surface area contributed by atoms with Crippen molar-refractivity contribution in [2.24, 2.45) is 5.14 Å². The van der Waals surface area contributed by atoms with Crippen LogP contribution < -0.4 is 15.4 Å². The molecule has 5 nitrogen and oxygen atoms in total. The van der Waals surface area contributed by atoms with Gasteiger partial charge in [0.25, 0.3) is 0 Å². The molecule has 0 saturated carbocycles. The predicted octanol–water partition coefficient (Wildman–Crippen LogP) is 1.05. The molecule has 0 spiro atoms. The van der Waals surface area contributed by atoms with Gasteiger partial charge in [0.05, 0.1) is 10.6 Å². The van der Waals surface area contributed by atoms with Crippen molar-refractivity contribution in [1.82, 2.24) is 5.32 Å². The molecule has 0 unspecified atom stereocenters. The quantitative estimate of drug-likeness (QED) is 0.871. The molecule has 1 saturated heterocycles. The number of nitrogens with zero attached hydrogens (tertiary/aromatic N) is 1. The predicted molar refractivity (Wildman–Crippen MR) is 76.7 cm³/mol. The zero-order valence-electron chi connectivity index (χ0n) is 11.5. The molecule has 0 amide bonds. The minimum atomic E-state index is -3.86. The van der Waals surface area contributed by atoms with E-state index in [1.807, 2.05) is 4.90 Å². The summed E-state index contributed by atoms with van der Waals surface area (Å²) >= 11 is 0. The molecular weight excluding hydrogens is 281 g/mol. The zero-order chi connectivity index (χ0) is 14.8. The average Bonchev–Trinajstić information content (AvgIpc) is 2.39. The number of hydrogen-bond donors (Lipinski definition) is 2. The highest BCUT2D eigenvalue weighted by Crippen LogP contribution is 2.25. The van der Waals surface area contributed by atoms with Gasteiger partial charge in [0.2, 0.25) is 10.0 Å². The van der Waals surface area contributed by atoms with Crippen LogP contribution in [0.3, 0.4) is 0 Å². The highest BCUT2D eigenvalue weighted by molar-refractivity contribution is 7.89. The largest absolute Gasteiger partial charge is 0.369 e. The normalized spacial score (nSPS) is 17.4. The Morgan fingerprint density at radius 1 is 1.40 bits per heavy atom. The van der Waals surface area contributed by atoms with Crippen molar-refractivity contribution in [3.05, 3.63) is 24.0 Å². The lowest BCUT2D eigenvalue weighted by atomic mass is 10.0. The molecule has 3 N–H and O–H groups in total. The number of primary sulfonamides is 1. The fourth-order valence-corrected chi connectivity index (χ4v) is 3.06. The van der Waals surface area contributed by atoms with Crippen molar-refractivity contribution < 1.29 is 12.8 Å². The molecule has 0 radical (unpaired) electrons. The second-order valence-electron chi connectivity index (χ2n) is 4.98. The van der Waals surface area contributed by atoms with Crippen molar-refractivity contribution in [3.8, 4) is 0 Å². The summed E-state index contributed by atoms with van der Waals surface area (Å²) in [5.74, 6) is -0.543. The first-order valence-electron chi connectivity index (χ1n) is 6.72. The molecule has 1 aliphatic rings. The summed E-state index contributed by atoms with van der Waals surface area (Å²) in [5, 5.41) is 8.37. The lowest BCUT2D eigenvalue weighted by Gasteiger charge is -2.34. The van der Waals surface area contributed by atoms with Crippen LogP contribution in [0.2, 0.25) is 0 Å². The van der Waals surface area contributed by atoms with Crippen LogP contribution in [0.5, 0.6) is 0 Å². The molecule has 0 atom stereocenters. The molecule has 0 aliphatic carbocycles. The SMILES string of the molecule is CCNC1CCN(c2ccc(S(N)(=O)=O)cc2F)CC1. The van der Waals surface area contributed by atoms with Crippen LogP contribution in [0.4, 0.5) is 10.1 Å². The Kier molecular flexibility index (Phi) is 4.62. The van der Waals surface area contributed by atoms with E-state index in [9.17, 15) is 12.8 Å². The maximum Gasteiger partial charge on any atom is 0.238 e. The van der Waals surface area contributed by atoms with E-state index in [0.717, 1.165) is 38.5 Å². The van der Waals surface area contributed by atoms with Gasteiger partial charge in [-0.05, 0) is 37.6 Å². The molecule has 1 fully saturated rings. The molecule has 1 aromatic carbocycles. The third-order valence-corrected chi connectivity index (χ3v) is 4.49. The summed E-state index contributed by atoms with van der Waals surface area (Å²) in [5.41, 5.74) is 0.437. The molecule has 1 aliphatic heterocycles. The Balaban J connectivity index is 2.11. The van der Waals surface area contributed by atoms with Gasteiger partial charge in [-0.3, -0.25) is 0 Å². The second kappa shape index (κ2) is 6.07. The van der Waals surface area contributed by atoms with Gasteiger partial charge in [0, 0.05) is 19.1 Å². The standard InChI is InChI=1S/C13H20FN3O2S/c1-2-16-10-5-7-17(8-6-10)13-4-3-11(9-12(13)14)20(15,18)19/h3-4,9-10,16H,2,5-8H2,1H3,(H2,15,18,19). The average molecular weight is 301 g/mol. The van der Waals surface area contributed by atoms with Crippen LogP contribution in [0.25, 0.3) is 0 Å². The Hall–Kier alpha value is -1.18. The van der Waals surface area contributed by atoms with E-state index in [0.29, 0.717) is 11.7 Å². The van der Waals surface area contributed by atoms with Gasteiger partial charge in [-0.15, -0.1) is 0 Å². The summed E-state index contributed by atoms with van der Waals surface area (Å²) in [6.07, 6.45) is 1.90. The minimum absolute atomic E-state index is 0.193. The number of piperidine rings is 1. The molecule has 7 heteroatoms. The van der Waals surface area contributed by atoms with Crippen LogP contribution >= 0.6 is 0 Å². The van der Waals surface area contributed by atoms with Crippen molar-refractivity contribution >= 4 is 15.7 Å². The summed E-state index contributed by atoms with van der Waals surface area (Å²) in [7, 11) is -3.86. The number of benzene rings is 1. The van der Waals surface area contributed by atoms with Crippen molar-refractivity contribution in [3.63, 3.8) is 0 Å². The Morgan fingerprint density at radius 2 is 2.05 bits per heavy atom. The van der Waals surface area contributed by atoms with Gasteiger partial charge in [-0.25, -0.2) is 17.9 Å². The van der Waals surface area contributed by atoms with Gasteiger partial charge in [-0.1, -0.05) is 6.92 Å². The first-order chi connectivity index (χ1) is 9.41. The van der Waals surface area contributed by atoms with E-state index in [4.69, 9.17) is 5.14 Å². The van der Waals surface area contributed by atoms with E-state index < -0.39 is 15.8 Å². The van der Waals surface area contributed by atoms with Crippen molar-refractivity contribution in [1.29, 1.82) is 0 Å². The second-order valence-corrected chi connectivity index (χ2v) is 6.54. The van der Waals surface area contributed by atoms with Crippen LogP contribution in [0.15, 0.2) is 23.1 Å². The van der Waals surface area contributed by atoms with E-state index in [1.165, 1.54) is 12.1 Å². The number of sulfonamides is 1. The van der Waals surface area contributed by atoms with Gasteiger partial charge >= 0.3 is 0 Å². The third kappa shape index (κ3) is 3.47. The molecule has 2 rings (SSSR count). The van der Waals surface area contributed by atoms with E-state index >= 15 is 0 Å². The van der Waals surface area contributed by atoms with E-state index in [-0.39, 0.29) is 4.90 Å². The summed E-state index contributed by atoms with van der Waals surface area (Å²) in [6.45, 7) is 4.51. The maximum atomic E-state index is 14.0. The molecule has 0 bridgehead atoms. The fourth-order valence-electron chi connectivity index (χ4n) is 2.53. The lowest BCUT2D eigenvalue weighted by molar-refractivity contribution is 0.421. The van der Waals surface area contributed by atoms with Crippen LogP contribution in [0, 0.1) is 5.82 Å². The Bertz CT molecular complexity index is 569. The van der Waals surface area contributed by atoms with Crippen LogP contribution in [-0.4, -0.2) is 34.1 Å². The number of anilines is 1. The summed E-state index contributed by atoms with van der Waals surface area (Å²) < 4.78 is 36.4. The Labute approximate surface area is 119 Å². The first-order valence-corrected chi connectivity index (χ1v) is 8.27. The summed E-state index contributed by atoms with van der Waals surface area (Å²) in [4.78, 5) is 1.75. The smallest absolute Gasteiger partial charge is 0.238 e. The molecule has 0 aromatic heterocycles. The number of hydrogen-bond acceptors (Lipinski definition) is 4. The monoisotopic (exact) mass is 301 g/mol. The minimum Gasteiger partial charge on any atom is -0.369 e. The highest BCUT2D eigenvalue weighted by Gasteiger charge is 2.21. The highest BCUT2D eigenvalue weighted by atomic mass is 32.2. The summed E-state index contributed by atoms with van der Waals surface area (Å²) in [6, 6.07) is 4.30. The van der Waals surface area contributed by atoms with E-state index in [2.05, 4.69) is 12.2 Å². The lowest BCUT2D eigenvalue weighted by Crippen LogP contribution is -2.42. The zero-order valence-corrected chi connectivity index (χ0v) is 12.3. The number of nitrogens with two attached hydrogens (primary N) is 1. The van der Waals surface area contributed by atoms with E-state index in [1.54, 1.807) is 0 Å².